The highest BCUT2D eigenvalue weighted by atomic mass is 32.2. The summed E-state index contributed by atoms with van der Waals surface area (Å²) in [6, 6.07) is 0. The topological polar surface area (TPSA) is 67.2 Å². The molecule has 0 fully saturated rings. The Bertz CT molecular complexity index is 530. The Hall–Kier alpha value is -1.18. The standard InChI is InChI=1S/C10H16N4O2S/c1-13(2)17(15,16)14-8-7-12-10(14)9-3-5-11-6-4-9/h3,7-8,11H,4-6H2,1-2H3. The molecule has 0 radical (unpaired) electrons. The van der Waals surface area contributed by atoms with E-state index in [9.17, 15) is 8.42 Å². The predicted octanol–water partition coefficient (Wildman–Crippen LogP) is -0.0857. The summed E-state index contributed by atoms with van der Waals surface area (Å²) in [4.78, 5) is 4.15. The zero-order valence-corrected chi connectivity index (χ0v) is 10.7. The van der Waals surface area contributed by atoms with Gasteiger partial charge in [-0.1, -0.05) is 6.08 Å². The first-order valence-electron chi connectivity index (χ1n) is 5.40. The summed E-state index contributed by atoms with van der Waals surface area (Å²) < 4.78 is 26.5. The molecule has 1 N–H and O–H groups in total. The Morgan fingerprint density at radius 3 is 2.82 bits per heavy atom. The number of nitrogens with zero attached hydrogens (tertiary/aromatic N) is 3. The fourth-order valence-electron chi connectivity index (χ4n) is 1.70. The lowest BCUT2D eigenvalue weighted by molar-refractivity contribution is 0.510. The third kappa shape index (κ3) is 2.26. The molecule has 0 aromatic carbocycles. The minimum atomic E-state index is -3.49. The molecular weight excluding hydrogens is 240 g/mol. The minimum absolute atomic E-state index is 0.514. The maximum Gasteiger partial charge on any atom is 0.308 e. The van der Waals surface area contributed by atoms with Crippen molar-refractivity contribution in [3.63, 3.8) is 0 Å². The molecule has 0 spiro atoms. The summed E-state index contributed by atoms with van der Waals surface area (Å²) in [5, 5.41) is 3.18. The van der Waals surface area contributed by atoms with Gasteiger partial charge in [-0.25, -0.2) is 8.96 Å². The van der Waals surface area contributed by atoms with Gasteiger partial charge in [-0.2, -0.15) is 12.7 Å². The smallest absolute Gasteiger partial charge is 0.308 e. The molecule has 7 heteroatoms. The van der Waals surface area contributed by atoms with Crippen LogP contribution in [0, 0.1) is 0 Å². The van der Waals surface area contributed by atoms with Crippen molar-refractivity contribution >= 4 is 15.8 Å². The molecule has 1 aliphatic rings. The Morgan fingerprint density at radius 2 is 2.24 bits per heavy atom. The predicted molar refractivity (Wildman–Crippen MR) is 65.7 cm³/mol. The van der Waals surface area contributed by atoms with E-state index in [1.54, 1.807) is 0 Å². The molecule has 0 unspecified atom stereocenters. The highest BCUT2D eigenvalue weighted by molar-refractivity contribution is 7.87. The second-order valence-electron chi connectivity index (χ2n) is 4.02. The van der Waals surface area contributed by atoms with E-state index < -0.39 is 10.2 Å². The molecule has 2 rings (SSSR count). The second kappa shape index (κ2) is 4.59. The summed E-state index contributed by atoms with van der Waals surface area (Å²) in [5.74, 6) is 0.514. The van der Waals surface area contributed by atoms with Gasteiger partial charge in [-0.3, -0.25) is 0 Å². The first-order chi connectivity index (χ1) is 8.03. The van der Waals surface area contributed by atoms with Gasteiger partial charge in [-0.05, 0) is 18.5 Å². The monoisotopic (exact) mass is 256 g/mol. The van der Waals surface area contributed by atoms with Crippen LogP contribution < -0.4 is 5.32 Å². The number of hydrogen-bond donors (Lipinski definition) is 1. The molecule has 0 atom stereocenters. The average Bonchev–Trinajstić information content (AvgIpc) is 2.79. The summed E-state index contributed by atoms with van der Waals surface area (Å²) in [5.41, 5.74) is 0.971. The molecule has 17 heavy (non-hydrogen) atoms. The lowest BCUT2D eigenvalue weighted by Gasteiger charge is -2.17. The lowest BCUT2D eigenvalue weighted by Crippen LogP contribution is -2.30. The van der Waals surface area contributed by atoms with Crippen molar-refractivity contribution in [3.05, 3.63) is 24.3 Å². The molecule has 0 bridgehead atoms. The van der Waals surface area contributed by atoms with Gasteiger partial charge in [0.2, 0.25) is 0 Å². The van der Waals surface area contributed by atoms with E-state index in [-0.39, 0.29) is 0 Å². The van der Waals surface area contributed by atoms with Crippen molar-refractivity contribution in [2.45, 2.75) is 6.42 Å². The normalized spacial score (nSPS) is 17.2. The fraction of sp³-hybridized carbons (Fsp3) is 0.500. The van der Waals surface area contributed by atoms with E-state index in [1.807, 2.05) is 6.08 Å². The minimum Gasteiger partial charge on any atom is -0.313 e. The number of aromatic nitrogens is 2. The summed E-state index contributed by atoms with van der Waals surface area (Å²) in [6.07, 6.45) is 5.76. The van der Waals surface area contributed by atoms with E-state index >= 15 is 0 Å². The Labute approximate surface area is 101 Å². The van der Waals surface area contributed by atoms with Crippen LogP contribution in [0.1, 0.15) is 12.2 Å². The first-order valence-corrected chi connectivity index (χ1v) is 6.79. The molecule has 0 saturated heterocycles. The highest BCUT2D eigenvalue weighted by Gasteiger charge is 2.22. The third-order valence-electron chi connectivity index (χ3n) is 2.67. The van der Waals surface area contributed by atoms with Gasteiger partial charge < -0.3 is 5.32 Å². The van der Waals surface area contributed by atoms with Gasteiger partial charge in [0.05, 0.1) is 0 Å². The number of rotatable bonds is 3. The Morgan fingerprint density at radius 1 is 1.47 bits per heavy atom. The molecule has 2 heterocycles. The van der Waals surface area contributed by atoms with Gasteiger partial charge in [0.15, 0.2) is 5.82 Å². The molecule has 1 aromatic heterocycles. The van der Waals surface area contributed by atoms with E-state index in [4.69, 9.17) is 0 Å². The van der Waals surface area contributed by atoms with Crippen molar-refractivity contribution in [3.8, 4) is 0 Å². The molecule has 0 aliphatic carbocycles. The van der Waals surface area contributed by atoms with Crippen molar-refractivity contribution in [2.24, 2.45) is 0 Å². The van der Waals surface area contributed by atoms with E-state index in [1.165, 1.54) is 34.8 Å². The summed E-state index contributed by atoms with van der Waals surface area (Å²) in [7, 11) is -0.468. The van der Waals surface area contributed by atoms with Gasteiger partial charge in [-0.15, -0.1) is 0 Å². The summed E-state index contributed by atoms with van der Waals surface area (Å²) >= 11 is 0. The maximum atomic E-state index is 12.1. The molecular formula is C10H16N4O2S. The van der Waals surface area contributed by atoms with Crippen LogP contribution in [-0.4, -0.2) is 48.9 Å². The number of hydrogen-bond acceptors (Lipinski definition) is 4. The molecule has 1 aliphatic heterocycles. The summed E-state index contributed by atoms with van der Waals surface area (Å²) in [6.45, 7) is 1.60. The number of nitrogens with one attached hydrogen (secondary N) is 1. The largest absolute Gasteiger partial charge is 0.313 e. The molecule has 1 aromatic rings. The number of imidazole rings is 1. The van der Waals surface area contributed by atoms with Gasteiger partial charge in [0.1, 0.15) is 0 Å². The van der Waals surface area contributed by atoms with E-state index in [2.05, 4.69) is 10.3 Å². The van der Waals surface area contributed by atoms with E-state index in [0.717, 1.165) is 25.1 Å². The molecule has 0 saturated carbocycles. The second-order valence-corrected chi connectivity index (χ2v) is 6.04. The van der Waals surface area contributed by atoms with Crippen LogP contribution in [0.4, 0.5) is 0 Å². The quantitative estimate of drug-likeness (QED) is 0.821. The van der Waals surface area contributed by atoms with Crippen LogP contribution in [0.15, 0.2) is 18.5 Å². The molecule has 6 nitrogen and oxygen atoms in total. The Kier molecular flexibility index (Phi) is 3.32. The van der Waals surface area contributed by atoms with Crippen molar-refractivity contribution in [2.75, 3.05) is 27.2 Å². The van der Waals surface area contributed by atoms with Crippen LogP contribution in [0.5, 0.6) is 0 Å². The van der Waals surface area contributed by atoms with Gasteiger partial charge in [0.25, 0.3) is 0 Å². The van der Waals surface area contributed by atoms with Crippen LogP contribution in [-0.2, 0) is 10.2 Å². The fourth-order valence-corrected chi connectivity index (χ4v) is 2.65. The maximum absolute atomic E-state index is 12.1. The van der Waals surface area contributed by atoms with Crippen LogP contribution in [0.25, 0.3) is 5.57 Å². The van der Waals surface area contributed by atoms with Gasteiger partial charge >= 0.3 is 10.2 Å². The zero-order chi connectivity index (χ0) is 12.5. The van der Waals surface area contributed by atoms with Crippen LogP contribution >= 0.6 is 0 Å². The average molecular weight is 256 g/mol. The third-order valence-corrected chi connectivity index (χ3v) is 4.38. The van der Waals surface area contributed by atoms with Crippen molar-refractivity contribution < 1.29 is 8.42 Å². The van der Waals surface area contributed by atoms with E-state index in [0.29, 0.717) is 5.82 Å². The SMILES string of the molecule is CN(C)S(=O)(=O)n1ccnc1C1=CCNCC1. The van der Waals surface area contributed by atoms with Crippen molar-refractivity contribution in [1.29, 1.82) is 0 Å². The lowest BCUT2D eigenvalue weighted by atomic mass is 10.1. The first kappa shape index (κ1) is 12.3. The molecule has 94 valence electrons. The van der Waals surface area contributed by atoms with Crippen LogP contribution in [0.2, 0.25) is 0 Å². The highest BCUT2D eigenvalue weighted by Crippen LogP contribution is 2.19. The van der Waals surface area contributed by atoms with Crippen LogP contribution in [0.3, 0.4) is 0 Å². The Balaban J connectivity index is 2.45. The molecule has 0 amide bonds. The van der Waals surface area contributed by atoms with Crippen molar-refractivity contribution in [1.82, 2.24) is 18.6 Å². The van der Waals surface area contributed by atoms with Gasteiger partial charge in [0, 0.05) is 33.0 Å². The zero-order valence-electron chi connectivity index (χ0n) is 9.92.